The third-order valence-electron chi connectivity index (χ3n) is 2.65. The predicted molar refractivity (Wildman–Crippen MR) is 75.8 cm³/mol. The van der Waals surface area contributed by atoms with Gasteiger partial charge in [0.2, 0.25) is 0 Å². The van der Waals surface area contributed by atoms with Crippen molar-refractivity contribution in [1.29, 1.82) is 0 Å². The van der Waals surface area contributed by atoms with Crippen LogP contribution in [0.5, 0.6) is 0 Å². The second-order valence-electron chi connectivity index (χ2n) is 4.43. The van der Waals surface area contributed by atoms with Gasteiger partial charge in [0.25, 0.3) is 5.91 Å². The van der Waals surface area contributed by atoms with Crippen LogP contribution < -0.4 is 5.32 Å². The summed E-state index contributed by atoms with van der Waals surface area (Å²) in [5, 5.41) is 12.8. The number of nitrogens with one attached hydrogen (secondary N) is 1. The first kappa shape index (κ1) is 16.6. The zero-order valence-corrected chi connectivity index (χ0v) is 12.9. The molecule has 112 valence electrons. The molecule has 0 saturated carbocycles. The topological polar surface area (TPSA) is 101 Å². The summed E-state index contributed by atoms with van der Waals surface area (Å²) in [7, 11) is -3.35. The highest BCUT2D eigenvalue weighted by Gasteiger charge is 2.21. The van der Waals surface area contributed by atoms with E-state index in [1.54, 1.807) is 0 Å². The zero-order chi connectivity index (χ0) is 15.3. The number of carboxylic acid groups (broad SMARTS) is 1. The summed E-state index contributed by atoms with van der Waals surface area (Å²) in [4.78, 5) is 22.9. The minimum absolute atomic E-state index is 0.0862. The van der Waals surface area contributed by atoms with Crippen LogP contribution in [-0.2, 0) is 14.6 Å². The maximum absolute atomic E-state index is 11.9. The third kappa shape index (κ3) is 4.61. The predicted octanol–water partition coefficient (Wildman–Crippen LogP) is 1.52. The molecule has 0 radical (unpaired) electrons. The highest BCUT2D eigenvalue weighted by molar-refractivity contribution is 7.92. The van der Waals surface area contributed by atoms with Crippen LogP contribution in [-0.4, -0.2) is 37.7 Å². The van der Waals surface area contributed by atoms with Crippen LogP contribution in [0.4, 0.5) is 0 Å². The molecule has 6 nitrogen and oxygen atoms in total. The molecule has 0 fully saturated rings. The summed E-state index contributed by atoms with van der Waals surface area (Å²) in [5.74, 6) is -1.66. The van der Waals surface area contributed by atoms with E-state index in [2.05, 4.69) is 5.32 Å². The molecular formula is C12H17NO5S2. The molecule has 1 atom stereocenters. The Balaban J connectivity index is 2.79. The van der Waals surface area contributed by atoms with Crippen LogP contribution in [0.3, 0.4) is 0 Å². The van der Waals surface area contributed by atoms with Crippen LogP contribution in [0.25, 0.3) is 0 Å². The quantitative estimate of drug-likeness (QED) is 0.793. The molecule has 20 heavy (non-hydrogen) atoms. The molecule has 1 aromatic rings. The average Bonchev–Trinajstić information content (AvgIpc) is 2.83. The summed E-state index contributed by atoms with van der Waals surface area (Å²) >= 11 is 0.942. The van der Waals surface area contributed by atoms with Crippen molar-refractivity contribution in [2.24, 2.45) is 0 Å². The van der Waals surface area contributed by atoms with E-state index in [4.69, 9.17) is 5.11 Å². The Kier molecular flexibility index (Phi) is 5.70. The molecule has 0 aliphatic rings. The molecule has 0 unspecified atom stereocenters. The lowest BCUT2D eigenvalue weighted by molar-refractivity contribution is -0.139. The number of sulfone groups is 1. The van der Waals surface area contributed by atoms with Gasteiger partial charge < -0.3 is 10.4 Å². The van der Waals surface area contributed by atoms with E-state index < -0.39 is 27.8 Å². The number of thiophene rings is 1. The van der Waals surface area contributed by atoms with Gasteiger partial charge in [-0.1, -0.05) is 19.8 Å². The Morgan fingerprint density at radius 3 is 2.55 bits per heavy atom. The van der Waals surface area contributed by atoms with Gasteiger partial charge in [0.1, 0.15) is 10.3 Å². The van der Waals surface area contributed by atoms with E-state index in [0.29, 0.717) is 12.8 Å². The van der Waals surface area contributed by atoms with Crippen molar-refractivity contribution < 1.29 is 23.1 Å². The molecule has 0 bridgehead atoms. The number of rotatable bonds is 7. The van der Waals surface area contributed by atoms with Gasteiger partial charge in [0.05, 0.1) is 5.56 Å². The van der Waals surface area contributed by atoms with Crippen molar-refractivity contribution in [3.8, 4) is 0 Å². The first-order valence-corrected chi connectivity index (χ1v) is 8.85. The lowest BCUT2D eigenvalue weighted by atomic mass is 10.1. The number of hydrogen-bond acceptors (Lipinski definition) is 5. The summed E-state index contributed by atoms with van der Waals surface area (Å²) in [6.07, 6.45) is 2.92. The molecule has 0 aliphatic carbocycles. The summed E-state index contributed by atoms with van der Waals surface area (Å²) < 4.78 is 22.7. The maximum Gasteiger partial charge on any atom is 0.326 e. The van der Waals surface area contributed by atoms with Gasteiger partial charge in [-0.2, -0.15) is 0 Å². The van der Waals surface area contributed by atoms with Gasteiger partial charge in [0.15, 0.2) is 9.84 Å². The van der Waals surface area contributed by atoms with Crippen molar-refractivity contribution in [1.82, 2.24) is 5.32 Å². The van der Waals surface area contributed by atoms with E-state index in [1.165, 1.54) is 11.4 Å². The minimum atomic E-state index is -3.35. The van der Waals surface area contributed by atoms with Crippen LogP contribution in [0.15, 0.2) is 15.7 Å². The maximum atomic E-state index is 11.9. The Labute approximate surface area is 121 Å². The van der Waals surface area contributed by atoms with Gasteiger partial charge in [-0.15, -0.1) is 11.3 Å². The van der Waals surface area contributed by atoms with Crippen molar-refractivity contribution in [3.05, 3.63) is 17.0 Å². The fraction of sp³-hybridized carbons (Fsp3) is 0.500. The van der Waals surface area contributed by atoms with Crippen molar-refractivity contribution in [2.75, 3.05) is 6.26 Å². The van der Waals surface area contributed by atoms with Crippen molar-refractivity contribution >= 4 is 33.1 Å². The standard InChI is InChI=1S/C12H17NO5S2/c1-3-4-5-9(12(15)16)13-11(14)8-6-10(19-7-8)20(2,17)18/h6-7,9H,3-5H2,1-2H3,(H,13,14)(H,15,16)/t9-/m0/s1. The summed E-state index contributed by atoms with van der Waals surface area (Å²) in [6, 6.07) is 0.303. The SMILES string of the molecule is CCCC[C@H](NC(=O)c1csc(S(C)(=O)=O)c1)C(=O)O. The number of unbranched alkanes of at least 4 members (excludes halogenated alkanes) is 1. The average molecular weight is 319 g/mol. The number of amides is 1. The molecule has 0 aliphatic heterocycles. The largest absolute Gasteiger partial charge is 0.480 e. The fourth-order valence-corrected chi connectivity index (χ4v) is 3.34. The van der Waals surface area contributed by atoms with Gasteiger partial charge in [-0.25, -0.2) is 13.2 Å². The normalized spacial score (nSPS) is 12.9. The molecular weight excluding hydrogens is 302 g/mol. The summed E-state index contributed by atoms with van der Waals surface area (Å²) in [5.41, 5.74) is 0.165. The first-order chi connectivity index (χ1) is 9.25. The van der Waals surface area contributed by atoms with Gasteiger partial charge in [-0.3, -0.25) is 4.79 Å². The summed E-state index contributed by atoms with van der Waals surface area (Å²) in [6.45, 7) is 1.93. The lowest BCUT2D eigenvalue weighted by Gasteiger charge is -2.13. The number of carboxylic acids is 1. The minimum Gasteiger partial charge on any atom is -0.480 e. The molecule has 0 spiro atoms. The van der Waals surface area contributed by atoms with E-state index >= 15 is 0 Å². The third-order valence-corrected chi connectivity index (χ3v) is 5.42. The van der Waals surface area contributed by atoms with Crippen LogP contribution >= 0.6 is 11.3 Å². The number of aliphatic carboxylic acids is 1. The fourth-order valence-electron chi connectivity index (χ4n) is 1.54. The van der Waals surface area contributed by atoms with Gasteiger partial charge in [0, 0.05) is 11.6 Å². The highest BCUT2D eigenvalue weighted by atomic mass is 32.2. The first-order valence-electron chi connectivity index (χ1n) is 6.08. The molecule has 1 heterocycles. The van der Waals surface area contributed by atoms with Crippen LogP contribution in [0, 0.1) is 0 Å². The second kappa shape index (κ2) is 6.85. The van der Waals surface area contributed by atoms with Crippen LogP contribution in [0.1, 0.15) is 36.5 Å². The van der Waals surface area contributed by atoms with E-state index in [1.807, 2.05) is 6.92 Å². The van der Waals surface area contributed by atoms with Crippen molar-refractivity contribution in [3.63, 3.8) is 0 Å². The Morgan fingerprint density at radius 1 is 1.45 bits per heavy atom. The smallest absolute Gasteiger partial charge is 0.326 e. The molecule has 0 saturated heterocycles. The number of carbonyl (C=O) groups is 2. The lowest BCUT2D eigenvalue weighted by Crippen LogP contribution is -2.40. The van der Waals surface area contributed by atoms with E-state index in [0.717, 1.165) is 24.0 Å². The molecule has 8 heteroatoms. The molecule has 1 amide bonds. The Bertz CT molecular complexity index is 591. The number of carbonyl (C=O) groups excluding carboxylic acids is 1. The molecule has 1 rings (SSSR count). The Morgan fingerprint density at radius 2 is 2.10 bits per heavy atom. The van der Waals surface area contributed by atoms with E-state index in [-0.39, 0.29) is 9.77 Å². The second-order valence-corrected chi connectivity index (χ2v) is 7.59. The number of hydrogen-bond donors (Lipinski definition) is 2. The van der Waals surface area contributed by atoms with Crippen molar-refractivity contribution in [2.45, 2.75) is 36.4 Å². The zero-order valence-electron chi connectivity index (χ0n) is 11.3. The molecule has 2 N–H and O–H groups in total. The Hall–Kier alpha value is -1.41. The molecule has 0 aromatic carbocycles. The van der Waals surface area contributed by atoms with E-state index in [9.17, 15) is 18.0 Å². The highest BCUT2D eigenvalue weighted by Crippen LogP contribution is 2.20. The van der Waals surface area contributed by atoms with Gasteiger partial charge >= 0.3 is 5.97 Å². The van der Waals surface area contributed by atoms with Crippen LogP contribution in [0.2, 0.25) is 0 Å². The molecule has 1 aromatic heterocycles. The monoisotopic (exact) mass is 319 g/mol. The van der Waals surface area contributed by atoms with Gasteiger partial charge in [-0.05, 0) is 12.5 Å².